The molecular formula is C19H20Br. The number of hydrogen-bond donors (Lipinski definition) is 0. The fourth-order valence-electron chi connectivity index (χ4n) is 3.34. The van der Waals surface area contributed by atoms with Crippen LogP contribution in [-0.4, -0.2) is 0 Å². The van der Waals surface area contributed by atoms with Gasteiger partial charge in [-0.25, -0.2) is 0 Å². The van der Waals surface area contributed by atoms with Crippen LogP contribution in [0.25, 0.3) is 11.1 Å². The quantitative estimate of drug-likeness (QED) is 0.574. The molecule has 0 bridgehead atoms. The highest BCUT2D eigenvalue weighted by Crippen LogP contribution is 2.43. The summed E-state index contributed by atoms with van der Waals surface area (Å²) < 4.78 is 1.19. The molecule has 0 fully saturated rings. The lowest BCUT2D eigenvalue weighted by Crippen LogP contribution is -2.00. The highest BCUT2D eigenvalue weighted by Gasteiger charge is 2.24. The average molecular weight is 328 g/mol. The van der Waals surface area contributed by atoms with E-state index in [1.165, 1.54) is 51.6 Å². The second kappa shape index (κ2) is 5.73. The summed E-state index contributed by atoms with van der Waals surface area (Å²) in [5.74, 6) is 0. The van der Waals surface area contributed by atoms with Crippen LogP contribution < -0.4 is 0 Å². The van der Waals surface area contributed by atoms with E-state index < -0.39 is 0 Å². The molecule has 0 unspecified atom stereocenters. The van der Waals surface area contributed by atoms with Crippen molar-refractivity contribution in [3.63, 3.8) is 0 Å². The number of rotatable bonds is 4. The fourth-order valence-corrected chi connectivity index (χ4v) is 4.02. The average Bonchev–Trinajstić information content (AvgIpc) is 2.80. The molecule has 0 N–H and O–H groups in total. The molecule has 0 aliphatic heterocycles. The van der Waals surface area contributed by atoms with Crippen molar-refractivity contribution in [1.29, 1.82) is 0 Å². The van der Waals surface area contributed by atoms with E-state index in [0.717, 1.165) is 12.8 Å². The van der Waals surface area contributed by atoms with Gasteiger partial charge in [0, 0.05) is 10.5 Å². The summed E-state index contributed by atoms with van der Waals surface area (Å²) in [6.07, 6.45) is 5.72. The first kappa shape index (κ1) is 13.9. The largest absolute Gasteiger partial charge is 0.0651 e. The molecule has 103 valence electrons. The highest BCUT2D eigenvalue weighted by molar-refractivity contribution is 9.10. The van der Waals surface area contributed by atoms with Crippen LogP contribution in [0.5, 0.6) is 0 Å². The molecule has 1 aliphatic rings. The van der Waals surface area contributed by atoms with Crippen molar-refractivity contribution in [2.75, 3.05) is 0 Å². The van der Waals surface area contributed by atoms with Gasteiger partial charge in [-0.05, 0) is 68.6 Å². The molecule has 0 nitrogen and oxygen atoms in total. The Morgan fingerprint density at radius 2 is 1.75 bits per heavy atom. The van der Waals surface area contributed by atoms with E-state index in [2.05, 4.69) is 60.1 Å². The van der Waals surface area contributed by atoms with Gasteiger partial charge in [0.05, 0.1) is 0 Å². The smallest absolute Gasteiger partial charge is 0.0292 e. The Kier molecular flexibility index (Phi) is 3.98. The fraction of sp³-hybridized carbons (Fsp3) is 0.368. The van der Waals surface area contributed by atoms with Crippen LogP contribution >= 0.6 is 15.9 Å². The van der Waals surface area contributed by atoms with E-state index in [-0.39, 0.29) is 0 Å². The third kappa shape index (κ3) is 2.22. The van der Waals surface area contributed by atoms with Crippen LogP contribution in [0.3, 0.4) is 0 Å². The molecule has 2 aromatic rings. The second-order valence-corrected chi connectivity index (χ2v) is 6.38. The first-order valence-electron chi connectivity index (χ1n) is 7.59. The van der Waals surface area contributed by atoms with Gasteiger partial charge in [-0.3, -0.25) is 0 Å². The summed E-state index contributed by atoms with van der Waals surface area (Å²) in [5.41, 5.74) is 8.78. The first-order valence-corrected chi connectivity index (χ1v) is 8.39. The standard InChI is InChI=1S/C19H20Br/c1-3-7-16-17(8-4-2)19-14(12-18(16)20)11-13-9-5-6-10-15(13)19/h5-6,9-10H,3-4,7-8,11H2,1-2H3. The Labute approximate surface area is 130 Å². The minimum atomic E-state index is 1.03. The second-order valence-electron chi connectivity index (χ2n) is 5.58. The Hall–Kier alpha value is -1.08. The zero-order chi connectivity index (χ0) is 14.1. The van der Waals surface area contributed by atoms with Crippen molar-refractivity contribution in [3.05, 3.63) is 57.1 Å². The lowest BCUT2D eigenvalue weighted by atomic mass is 9.90. The molecule has 0 spiro atoms. The zero-order valence-corrected chi connectivity index (χ0v) is 13.8. The first-order chi connectivity index (χ1) is 9.76. The van der Waals surface area contributed by atoms with Crippen molar-refractivity contribution in [2.24, 2.45) is 0 Å². The van der Waals surface area contributed by atoms with Gasteiger partial charge < -0.3 is 0 Å². The molecule has 1 radical (unpaired) electrons. The van der Waals surface area contributed by atoms with Gasteiger partial charge >= 0.3 is 0 Å². The van der Waals surface area contributed by atoms with E-state index in [1.54, 1.807) is 5.56 Å². The summed E-state index contributed by atoms with van der Waals surface area (Å²) in [5, 5.41) is 0. The minimum Gasteiger partial charge on any atom is -0.0651 e. The molecule has 20 heavy (non-hydrogen) atoms. The van der Waals surface area contributed by atoms with Crippen molar-refractivity contribution < 1.29 is 0 Å². The summed E-state index contributed by atoms with van der Waals surface area (Å²) in [7, 11) is 0. The predicted molar refractivity (Wildman–Crippen MR) is 89.2 cm³/mol. The van der Waals surface area contributed by atoms with E-state index in [1.807, 2.05) is 0 Å². The lowest BCUT2D eigenvalue weighted by molar-refractivity contribution is 0.857. The monoisotopic (exact) mass is 327 g/mol. The van der Waals surface area contributed by atoms with Gasteiger partial charge in [0.1, 0.15) is 0 Å². The molecule has 1 aliphatic carbocycles. The number of fused-ring (bicyclic) bond motifs is 3. The Bertz CT molecular complexity index is 640. The van der Waals surface area contributed by atoms with Crippen LogP contribution in [0.2, 0.25) is 0 Å². The van der Waals surface area contributed by atoms with Crippen molar-refractivity contribution >= 4 is 15.9 Å². The molecule has 0 saturated heterocycles. The molecule has 0 amide bonds. The predicted octanol–water partition coefficient (Wildman–Crippen LogP) is 5.73. The molecule has 0 atom stereocenters. The maximum atomic E-state index is 3.76. The topological polar surface area (TPSA) is 0 Å². The number of hydrogen-bond acceptors (Lipinski definition) is 0. The summed E-state index contributed by atoms with van der Waals surface area (Å²) in [6.45, 7) is 4.52. The molecule has 3 rings (SSSR count). The summed E-state index contributed by atoms with van der Waals surface area (Å²) in [6, 6.07) is 12.4. The highest BCUT2D eigenvalue weighted by atomic mass is 79.9. The van der Waals surface area contributed by atoms with Crippen LogP contribution in [0.4, 0.5) is 0 Å². The molecule has 0 saturated carbocycles. The van der Waals surface area contributed by atoms with Gasteiger partial charge in [0.25, 0.3) is 0 Å². The van der Waals surface area contributed by atoms with E-state index in [9.17, 15) is 0 Å². The Balaban J connectivity index is 2.25. The number of benzene rings is 2. The van der Waals surface area contributed by atoms with E-state index in [0.29, 0.717) is 0 Å². The van der Waals surface area contributed by atoms with Gasteiger partial charge in [0.2, 0.25) is 0 Å². The molecule has 0 aromatic heterocycles. The van der Waals surface area contributed by atoms with Crippen molar-refractivity contribution in [1.82, 2.24) is 0 Å². The van der Waals surface area contributed by atoms with Gasteiger partial charge in [-0.1, -0.05) is 51.0 Å². The SMILES string of the molecule is CCCc1c(Br)[c]c2c(c1CCC)-c1ccccc1C2. The molecule has 1 heteroatoms. The van der Waals surface area contributed by atoms with Crippen molar-refractivity contribution in [3.8, 4) is 11.1 Å². The maximum absolute atomic E-state index is 3.76. The Morgan fingerprint density at radius 1 is 1.05 bits per heavy atom. The zero-order valence-electron chi connectivity index (χ0n) is 12.2. The minimum absolute atomic E-state index is 1.03. The normalized spacial score (nSPS) is 12.3. The van der Waals surface area contributed by atoms with Gasteiger partial charge in [-0.15, -0.1) is 0 Å². The maximum Gasteiger partial charge on any atom is 0.0292 e. The third-order valence-electron chi connectivity index (χ3n) is 4.15. The summed E-state index contributed by atoms with van der Waals surface area (Å²) in [4.78, 5) is 0. The van der Waals surface area contributed by atoms with Gasteiger partial charge in [-0.2, -0.15) is 0 Å². The molecule has 2 aromatic carbocycles. The number of halogens is 1. The van der Waals surface area contributed by atoms with Crippen LogP contribution in [0.15, 0.2) is 28.7 Å². The van der Waals surface area contributed by atoms with E-state index in [4.69, 9.17) is 0 Å². The molecular weight excluding hydrogens is 308 g/mol. The van der Waals surface area contributed by atoms with Crippen LogP contribution in [0.1, 0.15) is 48.9 Å². The lowest BCUT2D eigenvalue weighted by Gasteiger charge is -2.16. The van der Waals surface area contributed by atoms with Crippen LogP contribution in [0, 0.1) is 6.07 Å². The van der Waals surface area contributed by atoms with Crippen LogP contribution in [-0.2, 0) is 19.3 Å². The Morgan fingerprint density at radius 3 is 2.50 bits per heavy atom. The summed E-state index contributed by atoms with van der Waals surface area (Å²) >= 11 is 3.76. The molecule has 0 heterocycles. The van der Waals surface area contributed by atoms with Gasteiger partial charge in [0.15, 0.2) is 0 Å². The van der Waals surface area contributed by atoms with E-state index >= 15 is 0 Å². The van der Waals surface area contributed by atoms with Crippen molar-refractivity contribution in [2.45, 2.75) is 46.0 Å². The third-order valence-corrected chi connectivity index (χ3v) is 4.82.